The summed E-state index contributed by atoms with van der Waals surface area (Å²) in [5.41, 5.74) is 0.909. The zero-order valence-corrected chi connectivity index (χ0v) is 16.1. The van der Waals surface area contributed by atoms with Gasteiger partial charge in [-0.1, -0.05) is 30.3 Å². The van der Waals surface area contributed by atoms with Gasteiger partial charge in [-0.05, 0) is 53.1 Å². The van der Waals surface area contributed by atoms with Gasteiger partial charge in [0, 0.05) is 5.69 Å². The smallest absolute Gasteiger partial charge is 0.239 e. The van der Waals surface area contributed by atoms with Crippen molar-refractivity contribution in [1.82, 2.24) is 0 Å². The maximum Gasteiger partial charge on any atom is 0.239 e. The fourth-order valence-corrected chi connectivity index (χ4v) is 3.75. The van der Waals surface area contributed by atoms with E-state index >= 15 is 0 Å². The molecular weight excluding hydrogens is 463 g/mol. The maximum absolute atomic E-state index is 13.4. The van der Waals surface area contributed by atoms with Gasteiger partial charge in [-0.3, -0.25) is 4.79 Å². The van der Waals surface area contributed by atoms with E-state index in [1.54, 1.807) is 0 Å². The number of hydrogen-bond acceptors (Lipinski definition) is 3. The van der Waals surface area contributed by atoms with Crippen LogP contribution >= 0.6 is 22.6 Å². The largest absolute Gasteiger partial charge is 0.325 e. The lowest BCUT2D eigenvalue weighted by Crippen LogP contribution is -2.25. The van der Waals surface area contributed by atoms with E-state index in [-0.39, 0.29) is 15.0 Å². The van der Waals surface area contributed by atoms with Crippen LogP contribution in [0.4, 0.5) is 14.5 Å². The monoisotopic (exact) mass is 479 g/mol. The van der Waals surface area contributed by atoms with Crippen molar-refractivity contribution in [1.29, 1.82) is 0 Å². The summed E-state index contributed by atoms with van der Waals surface area (Å²) in [5.74, 6) is -3.31. The minimum atomic E-state index is -3.60. The molecule has 8 heteroatoms. The predicted molar refractivity (Wildman–Crippen MR) is 101 cm³/mol. The highest BCUT2D eigenvalue weighted by molar-refractivity contribution is 14.1. The van der Waals surface area contributed by atoms with E-state index < -0.39 is 33.1 Å². The minimum Gasteiger partial charge on any atom is -0.325 e. The molecule has 1 N–H and O–H groups in total. The molecule has 25 heavy (non-hydrogen) atoms. The van der Waals surface area contributed by atoms with Gasteiger partial charge in [0.1, 0.15) is 17.4 Å². The summed E-state index contributed by atoms with van der Waals surface area (Å²) in [6.45, 7) is 0. The van der Waals surface area contributed by atoms with Crippen molar-refractivity contribution in [3.8, 4) is 0 Å². The highest BCUT2D eigenvalue weighted by Gasteiger charge is 2.18. The molecule has 0 aliphatic carbocycles. The highest BCUT2D eigenvalue weighted by Crippen LogP contribution is 2.20. The summed E-state index contributed by atoms with van der Waals surface area (Å²) in [5, 5.41) is 2.21. The van der Waals surface area contributed by atoms with Crippen LogP contribution in [0.3, 0.4) is 0 Å². The van der Waals surface area contributed by atoms with E-state index in [9.17, 15) is 22.0 Å². The van der Waals surface area contributed by atoms with Gasteiger partial charge in [0.2, 0.25) is 5.91 Å². The third-order valence-corrected chi connectivity index (χ3v) is 6.03. The lowest BCUT2D eigenvalue weighted by atomic mass is 10.1. The molecule has 0 aliphatic heterocycles. The van der Waals surface area contributed by atoms with E-state index in [2.05, 4.69) is 5.32 Å². The molecule has 0 aromatic heterocycles. The maximum atomic E-state index is 13.4. The van der Waals surface area contributed by atoms with Gasteiger partial charge < -0.3 is 5.32 Å². The topological polar surface area (TPSA) is 63.2 Å². The molecule has 1 amide bonds. The van der Waals surface area contributed by atoms with Crippen LogP contribution in [0.5, 0.6) is 0 Å². The molecule has 0 atom stereocenters. The molecule has 0 aliphatic rings. The number of aryl methyl sites for hydroxylation is 1. The molecule has 2 rings (SSSR count). The van der Waals surface area contributed by atoms with Crippen molar-refractivity contribution in [2.45, 2.75) is 12.8 Å². The normalized spacial score (nSPS) is 11.3. The molecule has 0 saturated carbocycles. The molecule has 0 saturated heterocycles. The van der Waals surface area contributed by atoms with Gasteiger partial charge in [0.15, 0.2) is 9.84 Å². The first-order valence-electron chi connectivity index (χ1n) is 7.45. The SMILES string of the molecule is O=C(CS(=O)(=O)CCCc1ccccc1)Nc1cc(F)c(I)c(F)c1. The average Bonchev–Trinajstić information content (AvgIpc) is 2.52. The zero-order valence-electron chi connectivity index (χ0n) is 13.1. The molecule has 4 nitrogen and oxygen atoms in total. The molecule has 0 fully saturated rings. The van der Waals surface area contributed by atoms with Crippen molar-refractivity contribution in [2.75, 3.05) is 16.8 Å². The van der Waals surface area contributed by atoms with Crippen molar-refractivity contribution in [2.24, 2.45) is 0 Å². The summed E-state index contributed by atoms with van der Waals surface area (Å²) in [6.07, 6.45) is 0.988. The zero-order chi connectivity index (χ0) is 18.4. The molecule has 0 spiro atoms. The average molecular weight is 479 g/mol. The Kier molecular flexibility index (Phi) is 6.88. The fraction of sp³-hybridized carbons (Fsp3) is 0.235. The van der Waals surface area contributed by atoms with Crippen LogP contribution in [-0.2, 0) is 21.1 Å². The number of sulfone groups is 1. The first-order chi connectivity index (χ1) is 11.8. The second kappa shape index (κ2) is 8.70. The number of benzene rings is 2. The Morgan fingerprint density at radius 2 is 1.68 bits per heavy atom. The van der Waals surface area contributed by atoms with E-state index in [0.29, 0.717) is 12.8 Å². The van der Waals surface area contributed by atoms with E-state index in [1.165, 1.54) is 22.6 Å². The Labute approximate surface area is 158 Å². The summed E-state index contributed by atoms with van der Waals surface area (Å²) >= 11 is 1.50. The molecule has 0 radical (unpaired) electrons. The molecule has 0 heterocycles. The Morgan fingerprint density at radius 3 is 2.28 bits per heavy atom. The number of carbonyl (C=O) groups excluding carboxylic acids is 1. The van der Waals surface area contributed by atoms with Crippen LogP contribution in [0.15, 0.2) is 42.5 Å². The molecular formula is C17H16F2INO3S. The number of hydrogen-bond donors (Lipinski definition) is 1. The van der Waals surface area contributed by atoms with Gasteiger partial charge in [-0.2, -0.15) is 0 Å². The lowest BCUT2D eigenvalue weighted by molar-refractivity contribution is -0.113. The number of carbonyl (C=O) groups is 1. The van der Waals surface area contributed by atoms with E-state index in [1.807, 2.05) is 30.3 Å². The Balaban J connectivity index is 1.88. The van der Waals surface area contributed by atoms with Crippen molar-refractivity contribution < 1.29 is 22.0 Å². The lowest BCUT2D eigenvalue weighted by Gasteiger charge is -2.08. The van der Waals surface area contributed by atoms with Crippen LogP contribution in [0.1, 0.15) is 12.0 Å². The first kappa shape index (κ1) is 19.8. The number of nitrogens with one attached hydrogen (secondary N) is 1. The third kappa shape index (κ3) is 6.35. The fourth-order valence-electron chi connectivity index (χ4n) is 2.24. The number of halogens is 3. The quantitative estimate of drug-likeness (QED) is 0.488. The second-order valence-electron chi connectivity index (χ2n) is 5.48. The Bertz CT molecular complexity index is 834. The Hall–Kier alpha value is -1.55. The van der Waals surface area contributed by atoms with Crippen molar-refractivity contribution in [3.63, 3.8) is 0 Å². The van der Waals surface area contributed by atoms with Crippen molar-refractivity contribution in [3.05, 3.63) is 63.2 Å². The van der Waals surface area contributed by atoms with Crippen LogP contribution in [0.2, 0.25) is 0 Å². The molecule has 0 bridgehead atoms. The van der Waals surface area contributed by atoms with Gasteiger partial charge in [-0.15, -0.1) is 0 Å². The molecule has 2 aromatic carbocycles. The van der Waals surface area contributed by atoms with Crippen LogP contribution in [0, 0.1) is 15.2 Å². The molecule has 0 unspecified atom stereocenters. The summed E-state index contributed by atoms with van der Waals surface area (Å²) in [7, 11) is -3.60. The van der Waals surface area contributed by atoms with Gasteiger partial charge in [0.05, 0.1) is 9.32 Å². The van der Waals surface area contributed by atoms with Gasteiger partial charge in [-0.25, -0.2) is 17.2 Å². The second-order valence-corrected chi connectivity index (χ2v) is 8.75. The summed E-state index contributed by atoms with van der Waals surface area (Å²) < 4.78 is 50.7. The predicted octanol–water partition coefficient (Wildman–Crippen LogP) is 3.56. The first-order valence-corrected chi connectivity index (χ1v) is 10.4. The molecule has 2 aromatic rings. The number of rotatable bonds is 7. The summed E-state index contributed by atoms with van der Waals surface area (Å²) in [4.78, 5) is 11.8. The Morgan fingerprint density at radius 1 is 1.08 bits per heavy atom. The van der Waals surface area contributed by atoms with E-state index in [0.717, 1.165) is 17.7 Å². The number of anilines is 1. The minimum absolute atomic E-state index is 0.111. The van der Waals surface area contributed by atoms with E-state index in [4.69, 9.17) is 0 Å². The number of amides is 1. The summed E-state index contributed by atoms with van der Waals surface area (Å²) in [6, 6.07) is 11.3. The van der Waals surface area contributed by atoms with Crippen molar-refractivity contribution >= 4 is 44.0 Å². The van der Waals surface area contributed by atoms with Crippen LogP contribution in [-0.4, -0.2) is 25.8 Å². The van der Waals surface area contributed by atoms with Crippen LogP contribution in [0.25, 0.3) is 0 Å². The van der Waals surface area contributed by atoms with Gasteiger partial charge in [0.25, 0.3) is 0 Å². The standard InChI is InChI=1S/C17H16F2INO3S/c18-14-9-13(10-15(19)17(14)20)21-16(22)11-25(23,24)8-4-7-12-5-2-1-3-6-12/h1-3,5-6,9-10H,4,7-8,11H2,(H,21,22). The highest BCUT2D eigenvalue weighted by atomic mass is 127. The van der Waals surface area contributed by atoms with Gasteiger partial charge >= 0.3 is 0 Å². The van der Waals surface area contributed by atoms with Crippen LogP contribution < -0.4 is 5.32 Å². The third-order valence-electron chi connectivity index (χ3n) is 3.38. The molecule has 134 valence electrons.